The van der Waals surface area contributed by atoms with Crippen molar-refractivity contribution in [3.05, 3.63) is 17.7 Å². The van der Waals surface area contributed by atoms with Gasteiger partial charge in [0.25, 0.3) is 0 Å². The molecule has 1 rings (SSSR count). The fourth-order valence-electron chi connectivity index (χ4n) is 1.65. The van der Waals surface area contributed by atoms with E-state index in [1.807, 2.05) is 6.92 Å². The average Bonchev–Trinajstić information content (AvgIpc) is 2.38. The highest BCUT2D eigenvalue weighted by Gasteiger charge is 2.20. The van der Waals surface area contributed by atoms with Crippen LogP contribution in [0.3, 0.4) is 0 Å². The molecule has 1 atom stereocenters. The van der Waals surface area contributed by atoms with Crippen LogP contribution in [0.2, 0.25) is 0 Å². The number of aliphatic hydroxyl groups excluding tert-OH is 1. The average molecular weight is 256 g/mol. The molecule has 5 heteroatoms. The lowest BCUT2D eigenvalue weighted by atomic mass is 10.1. The second kappa shape index (κ2) is 7.08. The first kappa shape index (κ1) is 14.6. The van der Waals surface area contributed by atoms with E-state index < -0.39 is 6.29 Å². The first-order valence-electron chi connectivity index (χ1n) is 5.86. The third-order valence-electron chi connectivity index (χ3n) is 2.40. The standard InChI is InChI=1S/C13H20O5/c1-5-17-9-7-10(15-3)12(11(8-9)16-4)13(14)18-6-2/h7-8,13-14H,5-6H2,1-4H3. The fourth-order valence-corrected chi connectivity index (χ4v) is 1.65. The summed E-state index contributed by atoms with van der Waals surface area (Å²) in [6.45, 7) is 4.62. The molecule has 0 saturated heterocycles. The molecule has 0 radical (unpaired) electrons. The molecule has 0 aliphatic carbocycles. The molecule has 1 aromatic rings. The molecule has 1 N–H and O–H groups in total. The molecule has 5 nitrogen and oxygen atoms in total. The summed E-state index contributed by atoms with van der Waals surface area (Å²) in [4.78, 5) is 0. The minimum atomic E-state index is -1.09. The molecule has 102 valence electrons. The molecule has 0 bridgehead atoms. The molecule has 0 saturated carbocycles. The number of benzene rings is 1. The lowest BCUT2D eigenvalue weighted by Gasteiger charge is -2.19. The van der Waals surface area contributed by atoms with Gasteiger partial charge < -0.3 is 24.1 Å². The Kier molecular flexibility index (Phi) is 5.74. The van der Waals surface area contributed by atoms with E-state index in [1.54, 1.807) is 19.1 Å². The van der Waals surface area contributed by atoms with Crippen molar-refractivity contribution in [3.8, 4) is 17.2 Å². The Hall–Kier alpha value is -1.46. The zero-order valence-corrected chi connectivity index (χ0v) is 11.2. The molecule has 0 aliphatic rings. The van der Waals surface area contributed by atoms with Crippen LogP contribution in [0.4, 0.5) is 0 Å². The Morgan fingerprint density at radius 2 is 1.61 bits per heavy atom. The molecule has 0 heterocycles. The topological polar surface area (TPSA) is 57.2 Å². The Bertz CT molecular complexity index is 353. The summed E-state index contributed by atoms with van der Waals surface area (Å²) in [6.07, 6.45) is -1.09. The van der Waals surface area contributed by atoms with E-state index in [-0.39, 0.29) is 0 Å². The predicted octanol–water partition coefficient (Wildman–Crippen LogP) is 2.13. The molecule has 0 fully saturated rings. The number of methoxy groups -OCH3 is 2. The molecule has 1 unspecified atom stereocenters. The van der Waals surface area contributed by atoms with Gasteiger partial charge in [-0.2, -0.15) is 0 Å². The Balaban J connectivity index is 3.20. The van der Waals surface area contributed by atoms with Crippen LogP contribution in [-0.4, -0.2) is 32.5 Å². The molecule has 18 heavy (non-hydrogen) atoms. The maximum Gasteiger partial charge on any atom is 0.188 e. The number of hydrogen-bond donors (Lipinski definition) is 1. The van der Waals surface area contributed by atoms with Crippen molar-refractivity contribution < 1.29 is 24.1 Å². The van der Waals surface area contributed by atoms with Gasteiger partial charge in [0, 0.05) is 18.7 Å². The quantitative estimate of drug-likeness (QED) is 0.757. The summed E-state index contributed by atoms with van der Waals surface area (Å²) >= 11 is 0. The summed E-state index contributed by atoms with van der Waals surface area (Å²) in [5, 5.41) is 9.94. The van der Waals surface area contributed by atoms with E-state index >= 15 is 0 Å². The van der Waals surface area contributed by atoms with E-state index in [9.17, 15) is 5.11 Å². The highest BCUT2D eigenvalue weighted by molar-refractivity contribution is 5.51. The number of aliphatic hydroxyl groups is 1. The molecule has 1 aromatic carbocycles. The zero-order chi connectivity index (χ0) is 13.5. The maximum absolute atomic E-state index is 9.94. The third-order valence-corrected chi connectivity index (χ3v) is 2.40. The maximum atomic E-state index is 9.94. The van der Waals surface area contributed by atoms with Crippen LogP contribution in [0.5, 0.6) is 17.2 Å². The highest BCUT2D eigenvalue weighted by atomic mass is 16.6. The van der Waals surface area contributed by atoms with Crippen molar-refractivity contribution in [1.82, 2.24) is 0 Å². The molecule has 0 aliphatic heterocycles. The van der Waals surface area contributed by atoms with Gasteiger partial charge in [0.05, 0.1) is 26.4 Å². The van der Waals surface area contributed by atoms with Crippen LogP contribution >= 0.6 is 0 Å². The van der Waals surface area contributed by atoms with E-state index in [2.05, 4.69) is 0 Å². The van der Waals surface area contributed by atoms with Crippen molar-refractivity contribution in [1.29, 1.82) is 0 Å². The summed E-state index contributed by atoms with van der Waals surface area (Å²) in [6, 6.07) is 3.40. The van der Waals surface area contributed by atoms with Gasteiger partial charge in [0.2, 0.25) is 0 Å². The van der Waals surface area contributed by atoms with Crippen molar-refractivity contribution in [2.45, 2.75) is 20.1 Å². The minimum absolute atomic E-state index is 0.390. The Morgan fingerprint density at radius 3 is 2.00 bits per heavy atom. The summed E-state index contributed by atoms with van der Waals surface area (Å²) in [5.41, 5.74) is 0.463. The third kappa shape index (κ3) is 3.27. The first-order chi connectivity index (χ1) is 8.67. The molecular formula is C13H20O5. The lowest BCUT2D eigenvalue weighted by molar-refractivity contribution is -0.1000. The SMILES string of the molecule is CCOc1cc(OC)c(C(O)OCC)c(OC)c1. The second-order valence-corrected chi connectivity index (χ2v) is 3.48. The normalized spacial score (nSPS) is 12.1. The van der Waals surface area contributed by atoms with Crippen LogP contribution in [0.25, 0.3) is 0 Å². The van der Waals surface area contributed by atoms with E-state index in [0.717, 1.165) is 0 Å². The fraction of sp³-hybridized carbons (Fsp3) is 0.538. The van der Waals surface area contributed by atoms with Crippen LogP contribution in [0.1, 0.15) is 25.7 Å². The van der Waals surface area contributed by atoms with E-state index in [4.69, 9.17) is 18.9 Å². The van der Waals surface area contributed by atoms with Crippen LogP contribution < -0.4 is 14.2 Å². The summed E-state index contributed by atoms with van der Waals surface area (Å²) < 4.78 is 21.1. The molecule has 0 amide bonds. The van der Waals surface area contributed by atoms with Gasteiger partial charge in [-0.05, 0) is 13.8 Å². The number of ether oxygens (including phenoxy) is 4. The van der Waals surface area contributed by atoms with E-state index in [1.165, 1.54) is 14.2 Å². The largest absolute Gasteiger partial charge is 0.496 e. The lowest BCUT2D eigenvalue weighted by Crippen LogP contribution is -2.08. The van der Waals surface area contributed by atoms with Gasteiger partial charge in [0.1, 0.15) is 17.2 Å². The monoisotopic (exact) mass is 256 g/mol. The summed E-state index contributed by atoms with van der Waals surface area (Å²) in [5.74, 6) is 1.57. The smallest absolute Gasteiger partial charge is 0.188 e. The van der Waals surface area contributed by atoms with Gasteiger partial charge in [0.15, 0.2) is 6.29 Å². The van der Waals surface area contributed by atoms with Crippen LogP contribution in [0, 0.1) is 0 Å². The van der Waals surface area contributed by atoms with Crippen molar-refractivity contribution in [3.63, 3.8) is 0 Å². The number of rotatable bonds is 7. The van der Waals surface area contributed by atoms with Gasteiger partial charge in [-0.1, -0.05) is 0 Å². The van der Waals surface area contributed by atoms with E-state index in [0.29, 0.717) is 36.0 Å². The van der Waals surface area contributed by atoms with Crippen molar-refractivity contribution >= 4 is 0 Å². The predicted molar refractivity (Wildman–Crippen MR) is 67.3 cm³/mol. The molecule has 0 spiro atoms. The first-order valence-corrected chi connectivity index (χ1v) is 5.86. The van der Waals surface area contributed by atoms with Crippen molar-refractivity contribution in [2.75, 3.05) is 27.4 Å². The van der Waals surface area contributed by atoms with Gasteiger partial charge >= 0.3 is 0 Å². The molecule has 0 aromatic heterocycles. The summed E-state index contributed by atoms with van der Waals surface area (Å²) in [7, 11) is 3.04. The number of hydrogen-bond acceptors (Lipinski definition) is 5. The Labute approximate surface area is 107 Å². The van der Waals surface area contributed by atoms with Gasteiger partial charge in [-0.15, -0.1) is 0 Å². The Morgan fingerprint density at radius 1 is 1.06 bits per heavy atom. The second-order valence-electron chi connectivity index (χ2n) is 3.48. The van der Waals surface area contributed by atoms with Gasteiger partial charge in [-0.3, -0.25) is 0 Å². The van der Waals surface area contributed by atoms with Gasteiger partial charge in [-0.25, -0.2) is 0 Å². The molecular weight excluding hydrogens is 236 g/mol. The van der Waals surface area contributed by atoms with Crippen LogP contribution in [-0.2, 0) is 4.74 Å². The van der Waals surface area contributed by atoms with Crippen LogP contribution in [0.15, 0.2) is 12.1 Å². The van der Waals surface area contributed by atoms with Crippen molar-refractivity contribution in [2.24, 2.45) is 0 Å². The highest BCUT2D eigenvalue weighted by Crippen LogP contribution is 2.38. The minimum Gasteiger partial charge on any atom is -0.496 e. The zero-order valence-electron chi connectivity index (χ0n) is 11.2.